The van der Waals surface area contributed by atoms with Gasteiger partial charge in [0.25, 0.3) is 5.91 Å². The molecule has 33 heavy (non-hydrogen) atoms. The molecule has 2 aromatic heterocycles. The van der Waals surface area contributed by atoms with Crippen molar-refractivity contribution in [3.05, 3.63) is 84.1 Å². The van der Waals surface area contributed by atoms with Crippen LogP contribution in [-0.2, 0) is 10.0 Å². The third-order valence-corrected chi connectivity index (χ3v) is 7.75. The van der Waals surface area contributed by atoms with Crippen molar-refractivity contribution in [3.8, 4) is 11.3 Å². The van der Waals surface area contributed by atoms with Crippen LogP contribution in [0.25, 0.3) is 16.9 Å². The molecule has 3 heterocycles. The standard InChI is InChI=1S/C25H24N4O3S/c1-18-12-15-29-22(16-18)26-23(19-8-3-2-4-9-19)24(29)27-25(30)20-10-7-11-21(17-20)33(31,32)28-13-5-6-14-28/h2-4,7-12,15-17H,5-6,13-14H2,1H3,(H,27,30). The Morgan fingerprint density at radius 3 is 2.48 bits per heavy atom. The molecule has 2 aromatic carbocycles. The van der Waals surface area contributed by atoms with E-state index in [1.807, 2.05) is 60.0 Å². The number of aromatic nitrogens is 2. The molecule has 5 rings (SSSR count). The first-order valence-electron chi connectivity index (χ1n) is 10.9. The van der Waals surface area contributed by atoms with Gasteiger partial charge in [0.05, 0.1) is 4.90 Å². The lowest BCUT2D eigenvalue weighted by atomic mass is 10.1. The molecular weight excluding hydrogens is 436 g/mol. The highest BCUT2D eigenvalue weighted by molar-refractivity contribution is 7.89. The van der Waals surface area contributed by atoms with Gasteiger partial charge in [-0.15, -0.1) is 0 Å². The fourth-order valence-corrected chi connectivity index (χ4v) is 5.68. The molecule has 1 N–H and O–H groups in total. The van der Waals surface area contributed by atoms with Crippen molar-refractivity contribution in [1.82, 2.24) is 13.7 Å². The summed E-state index contributed by atoms with van der Waals surface area (Å²) in [5, 5.41) is 2.97. The summed E-state index contributed by atoms with van der Waals surface area (Å²) in [4.78, 5) is 18.1. The maximum absolute atomic E-state index is 13.2. The Balaban J connectivity index is 1.52. The molecule has 0 spiro atoms. The second-order valence-electron chi connectivity index (χ2n) is 8.20. The van der Waals surface area contributed by atoms with Gasteiger partial charge in [-0.05, 0) is 55.7 Å². The summed E-state index contributed by atoms with van der Waals surface area (Å²) in [5.41, 5.74) is 3.57. The van der Waals surface area contributed by atoms with Crippen LogP contribution in [0.15, 0.2) is 77.8 Å². The van der Waals surface area contributed by atoms with E-state index in [0.717, 1.165) is 29.6 Å². The van der Waals surface area contributed by atoms with Crippen LogP contribution in [0, 0.1) is 6.92 Å². The Labute approximate surface area is 192 Å². The van der Waals surface area contributed by atoms with Crippen molar-refractivity contribution in [2.24, 2.45) is 0 Å². The molecule has 8 heteroatoms. The number of hydrogen-bond acceptors (Lipinski definition) is 4. The maximum atomic E-state index is 13.2. The Bertz CT molecular complexity index is 1440. The molecule has 0 bridgehead atoms. The molecule has 0 saturated carbocycles. The Morgan fingerprint density at radius 1 is 0.970 bits per heavy atom. The van der Waals surface area contributed by atoms with Gasteiger partial charge in [0.2, 0.25) is 10.0 Å². The first kappa shape index (κ1) is 21.4. The number of pyridine rings is 1. The minimum atomic E-state index is -3.61. The van der Waals surface area contributed by atoms with Crippen LogP contribution in [0.3, 0.4) is 0 Å². The van der Waals surface area contributed by atoms with Gasteiger partial charge in [-0.25, -0.2) is 13.4 Å². The van der Waals surface area contributed by atoms with E-state index in [1.165, 1.54) is 16.4 Å². The zero-order chi connectivity index (χ0) is 23.0. The summed E-state index contributed by atoms with van der Waals surface area (Å²) in [5.74, 6) is 0.141. The van der Waals surface area contributed by atoms with E-state index in [1.54, 1.807) is 12.1 Å². The van der Waals surface area contributed by atoms with Gasteiger partial charge in [0.15, 0.2) is 0 Å². The number of benzene rings is 2. The summed E-state index contributed by atoms with van der Waals surface area (Å²) in [6.07, 6.45) is 3.58. The number of sulfonamides is 1. The van der Waals surface area contributed by atoms with Gasteiger partial charge in [0.1, 0.15) is 17.2 Å². The van der Waals surface area contributed by atoms with Crippen molar-refractivity contribution in [1.29, 1.82) is 0 Å². The molecule has 1 saturated heterocycles. The van der Waals surface area contributed by atoms with E-state index in [4.69, 9.17) is 4.98 Å². The summed E-state index contributed by atoms with van der Waals surface area (Å²) < 4.78 is 29.2. The third-order valence-electron chi connectivity index (χ3n) is 5.86. The first-order valence-corrected chi connectivity index (χ1v) is 12.3. The number of anilines is 1. The minimum Gasteiger partial charge on any atom is -0.306 e. The second-order valence-corrected chi connectivity index (χ2v) is 10.1. The number of imidazole rings is 1. The molecule has 0 aliphatic carbocycles. The normalized spacial score (nSPS) is 14.6. The van der Waals surface area contributed by atoms with Crippen molar-refractivity contribution in [2.75, 3.05) is 18.4 Å². The van der Waals surface area contributed by atoms with Gasteiger partial charge < -0.3 is 5.32 Å². The molecule has 7 nitrogen and oxygen atoms in total. The van der Waals surface area contributed by atoms with Gasteiger partial charge in [-0.1, -0.05) is 36.4 Å². The lowest BCUT2D eigenvalue weighted by molar-refractivity contribution is 0.102. The van der Waals surface area contributed by atoms with E-state index in [0.29, 0.717) is 24.6 Å². The summed E-state index contributed by atoms with van der Waals surface area (Å²) in [6.45, 7) is 3.02. The Hall–Kier alpha value is -3.49. The topological polar surface area (TPSA) is 83.8 Å². The fourth-order valence-electron chi connectivity index (χ4n) is 4.12. The molecule has 1 amide bonds. The van der Waals surface area contributed by atoms with Crippen molar-refractivity contribution in [3.63, 3.8) is 0 Å². The SMILES string of the molecule is Cc1ccn2c(NC(=O)c3cccc(S(=O)(=O)N4CCCC4)c3)c(-c3ccccc3)nc2c1. The number of nitrogens with one attached hydrogen (secondary N) is 1. The number of aryl methyl sites for hydroxylation is 1. The molecule has 0 unspecified atom stereocenters. The van der Waals surface area contributed by atoms with Crippen molar-refractivity contribution in [2.45, 2.75) is 24.7 Å². The number of carbonyl (C=O) groups excluding carboxylic acids is 1. The Kier molecular flexibility index (Phi) is 5.47. The summed E-state index contributed by atoms with van der Waals surface area (Å²) in [6, 6.07) is 19.7. The predicted octanol–water partition coefficient (Wildman–Crippen LogP) is 4.35. The number of amides is 1. The first-order chi connectivity index (χ1) is 15.9. The van der Waals surface area contributed by atoms with Gasteiger partial charge >= 0.3 is 0 Å². The highest BCUT2D eigenvalue weighted by Crippen LogP contribution is 2.30. The zero-order valence-corrected chi connectivity index (χ0v) is 19.0. The quantitative estimate of drug-likeness (QED) is 0.480. The van der Waals surface area contributed by atoms with Crippen LogP contribution in [-0.4, -0.2) is 41.1 Å². The number of fused-ring (bicyclic) bond motifs is 1. The van der Waals surface area contributed by atoms with E-state index in [-0.39, 0.29) is 10.5 Å². The van der Waals surface area contributed by atoms with Crippen LogP contribution in [0.2, 0.25) is 0 Å². The molecule has 168 valence electrons. The van der Waals surface area contributed by atoms with Crippen LogP contribution in [0.4, 0.5) is 5.82 Å². The molecule has 4 aromatic rings. The Morgan fingerprint density at radius 2 is 1.73 bits per heavy atom. The van der Waals surface area contributed by atoms with Crippen LogP contribution < -0.4 is 5.32 Å². The third kappa shape index (κ3) is 4.03. The zero-order valence-electron chi connectivity index (χ0n) is 18.2. The van der Waals surface area contributed by atoms with Crippen LogP contribution in [0.1, 0.15) is 28.8 Å². The molecule has 1 fully saturated rings. The number of hydrogen-bond donors (Lipinski definition) is 1. The number of carbonyl (C=O) groups is 1. The van der Waals surface area contributed by atoms with Crippen LogP contribution >= 0.6 is 0 Å². The second kappa shape index (κ2) is 8.46. The maximum Gasteiger partial charge on any atom is 0.256 e. The van der Waals surface area contributed by atoms with Crippen LogP contribution in [0.5, 0.6) is 0 Å². The van der Waals surface area contributed by atoms with Gasteiger partial charge in [-0.3, -0.25) is 9.20 Å². The lowest BCUT2D eigenvalue weighted by Gasteiger charge is -2.16. The van der Waals surface area contributed by atoms with Crippen molar-refractivity contribution >= 4 is 27.4 Å². The summed E-state index contributed by atoms with van der Waals surface area (Å²) in [7, 11) is -3.61. The average Bonchev–Trinajstić information content (AvgIpc) is 3.49. The molecular formula is C25H24N4O3S. The monoisotopic (exact) mass is 460 g/mol. The van der Waals surface area contributed by atoms with E-state index in [9.17, 15) is 13.2 Å². The smallest absolute Gasteiger partial charge is 0.256 e. The van der Waals surface area contributed by atoms with Crippen molar-refractivity contribution < 1.29 is 13.2 Å². The van der Waals surface area contributed by atoms with E-state index in [2.05, 4.69) is 5.32 Å². The van der Waals surface area contributed by atoms with Gasteiger partial charge in [-0.2, -0.15) is 4.31 Å². The molecule has 1 aliphatic heterocycles. The molecule has 0 radical (unpaired) electrons. The average molecular weight is 461 g/mol. The number of nitrogens with zero attached hydrogens (tertiary/aromatic N) is 3. The minimum absolute atomic E-state index is 0.133. The summed E-state index contributed by atoms with van der Waals surface area (Å²) >= 11 is 0. The highest BCUT2D eigenvalue weighted by Gasteiger charge is 2.28. The van der Waals surface area contributed by atoms with E-state index < -0.39 is 15.9 Å². The molecule has 0 atom stereocenters. The van der Waals surface area contributed by atoms with E-state index >= 15 is 0 Å². The lowest BCUT2D eigenvalue weighted by Crippen LogP contribution is -2.28. The largest absolute Gasteiger partial charge is 0.306 e. The van der Waals surface area contributed by atoms with Gasteiger partial charge in [0, 0.05) is 30.4 Å². The highest BCUT2D eigenvalue weighted by atomic mass is 32.2. The predicted molar refractivity (Wildman–Crippen MR) is 128 cm³/mol. The number of rotatable bonds is 5. The fraction of sp³-hybridized carbons (Fsp3) is 0.200. The molecule has 1 aliphatic rings.